The van der Waals surface area contributed by atoms with Crippen LogP contribution in [0.25, 0.3) is 5.69 Å². The zero-order valence-electron chi connectivity index (χ0n) is 12.7. The molecule has 1 amide bonds. The van der Waals surface area contributed by atoms with Crippen LogP contribution in [-0.2, 0) is 9.53 Å². The Kier molecular flexibility index (Phi) is 5.20. The number of nitrogens with zero attached hydrogens (tertiary/aromatic N) is 4. The number of carbonyl (C=O) groups excluding carboxylic acids is 1. The van der Waals surface area contributed by atoms with Gasteiger partial charge in [0.1, 0.15) is 6.33 Å². The van der Waals surface area contributed by atoms with E-state index in [0.29, 0.717) is 36.5 Å². The van der Waals surface area contributed by atoms with Crippen molar-refractivity contribution in [1.29, 1.82) is 0 Å². The molecule has 23 heavy (non-hydrogen) atoms. The monoisotopic (exact) mass is 352 g/mol. The maximum absolute atomic E-state index is 12.5. The van der Waals surface area contributed by atoms with Gasteiger partial charge in [-0.1, -0.05) is 29.4 Å². The topological polar surface area (TPSA) is 60.2 Å². The molecule has 1 aromatic heterocycles. The average Bonchev–Trinajstić information content (AvgIpc) is 3.03. The van der Waals surface area contributed by atoms with E-state index in [0.717, 1.165) is 5.69 Å². The highest BCUT2D eigenvalue weighted by molar-refractivity contribution is 8.00. The molecule has 0 unspecified atom stereocenters. The van der Waals surface area contributed by atoms with Gasteiger partial charge in [0.05, 0.1) is 24.2 Å². The van der Waals surface area contributed by atoms with E-state index in [1.54, 1.807) is 6.33 Å². The van der Waals surface area contributed by atoms with Gasteiger partial charge in [-0.25, -0.2) is 0 Å². The van der Waals surface area contributed by atoms with Crippen LogP contribution in [0, 0.1) is 0 Å². The number of benzene rings is 1. The maximum atomic E-state index is 12.5. The molecule has 0 aliphatic carbocycles. The third-order valence-electron chi connectivity index (χ3n) is 3.56. The Balaban J connectivity index is 1.73. The summed E-state index contributed by atoms with van der Waals surface area (Å²) >= 11 is 7.43. The van der Waals surface area contributed by atoms with Gasteiger partial charge in [-0.15, -0.1) is 10.2 Å². The van der Waals surface area contributed by atoms with Crippen LogP contribution in [0.5, 0.6) is 0 Å². The van der Waals surface area contributed by atoms with Crippen LogP contribution in [0.1, 0.15) is 6.92 Å². The number of thioether (sulfide) groups is 1. The fraction of sp³-hybridized carbons (Fsp3) is 0.400. The fourth-order valence-corrected chi connectivity index (χ4v) is 3.47. The lowest BCUT2D eigenvalue weighted by molar-refractivity contribution is -0.134. The predicted molar refractivity (Wildman–Crippen MR) is 89.1 cm³/mol. The Morgan fingerprint density at radius 1 is 1.39 bits per heavy atom. The van der Waals surface area contributed by atoms with Crippen LogP contribution in [-0.4, -0.2) is 57.1 Å². The summed E-state index contributed by atoms with van der Waals surface area (Å²) in [6.07, 6.45) is 1.62. The summed E-state index contributed by atoms with van der Waals surface area (Å²) in [4.78, 5) is 14.3. The Hall–Kier alpha value is -1.57. The average molecular weight is 353 g/mol. The van der Waals surface area contributed by atoms with Crippen LogP contribution in [0.15, 0.2) is 35.7 Å². The van der Waals surface area contributed by atoms with Gasteiger partial charge in [0, 0.05) is 18.1 Å². The number of amides is 1. The first-order valence-electron chi connectivity index (χ1n) is 7.34. The molecule has 0 radical (unpaired) electrons. The molecule has 8 heteroatoms. The maximum Gasteiger partial charge on any atom is 0.236 e. The summed E-state index contributed by atoms with van der Waals surface area (Å²) in [5.74, 6) is 0.0962. The quantitative estimate of drug-likeness (QED) is 0.790. The van der Waals surface area contributed by atoms with E-state index >= 15 is 0 Å². The zero-order chi connectivity index (χ0) is 16.2. The van der Waals surface area contributed by atoms with E-state index in [2.05, 4.69) is 10.2 Å². The first-order chi connectivity index (χ1) is 11.1. The minimum Gasteiger partial charge on any atom is -0.378 e. The molecular formula is C15H17ClN4O2S. The Labute approximate surface area is 143 Å². The molecule has 2 aromatic rings. The van der Waals surface area contributed by atoms with E-state index in [-0.39, 0.29) is 11.2 Å². The van der Waals surface area contributed by atoms with Gasteiger partial charge in [0.25, 0.3) is 0 Å². The van der Waals surface area contributed by atoms with Crippen LogP contribution in [0.3, 0.4) is 0 Å². The normalized spacial score (nSPS) is 16.3. The molecule has 1 saturated heterocycles. The van der Waals surface area contributed by atoms with E-state index in [4.69, 9.17) is 16.3 Å². The first-order valence-corrected chi connectivity index (χ1v) is 8.60. The summed E-state index contributed by atoms with van der Waals surface area (Å²) in [6.45, 7) is 4.37. The second-order valence-corrected chi connectivity index (χ2v) is 6.91. The van der Waals surface area contributed by atoms with Crippen LogP contribution < -0.4 is 0 Å². The molecular weight excluding hydrogens is 336 g/mol. The van der Waals surface area contributed by atoms with E-state index in [1.807, 2.05) is 40.7 Å². The number of rotatable bonds is 4. The number of ether oxygens (including phenoxy) is 1. The molecule has 122 valence electrons. The summed E-state index contributed by atoms with van der Waals surface area (Å²) in [5, 5.41) is 9.15. The molecule has 0 bridgehead atoms. The molecule has 2 heterocycles. The molecule has 1 aliphatic heterocycles. The van der Waals surface area contributed by atoms with Crippen LogP contribution >= 0.6 is 23.4 Å². The Bertz CT molecular complexity index is 688. The predicted octanol–water partition coefficient (Wildman–Crippen LogP) is 2.26. The lowest BCUT2D eigenvalue weighted by Crippen LogP contribution is -2.44. The number of carbonyl (C=O) groups is 1. The van der Waals surface area contributed by atoms with Gasteiger partial charge in [-0.2, -0.15) is 0 Å². The van der Waals surface area contributed by atoms with E-state index in [1.165, 1.54) is 11.8 Å². The van der Waals surface area contributed by atoms with Crippen molar-refractivity contribution in [2.75, 3.05) is 26.3 Å². The van der Waals surface area contributed by atoms with Crippen molar-refractivity contribution in [3.8, 4) is 5.69 Å². The molecule has 1 atom stereocenters. The Morgan fingerprint density at radius 3 is 2.91 bits per heavy atom. The minimum absolute atomic E-state index is 0.0962. The highest BCUT2D eigenvalue weighted by atomic mass is 35.5. The van der Waals surface area contributed by atoms with Gasteiger partial charge in [0.2, 0.25) is 5.91 Å². The molecule has 0 spiro atoms. The largest absolute Gasteiger partial charge is 0.378 e. The molecule has 1 aromatic carbocycles. The molecule has 1 fully saturated rings. The van der Waals surface area contributed by atoms with Gasteiger partial charge in [-0.3, -0.25) is 9.36 Å². The number of morpholine rings is 1. The van der Waals surface area contributed by atoms with Gasteiger partial charge in [0.15, 0.2) is 5.16 Å². The number of hydrogen-bond acceptors (Lipinski definition) is 5. The second kappa shape index (κ2) is 7.33. The fourth-order valence-electron chi connectivity index (χ4n) is 2.36. The molecule has 6 nitrogen and oxygen atoms in total. The van der Waals surface area contributed by atoms with Crippen molar-refractivity contribution in [3.05, 3.63) is 35.6 Å². The van der Waals surface area contributed by atoms with Crippen molar-refractivity contribution in [2.45, 2.75) is 17.3 Å². The minimum atomic E-state index is -0.241. The Morgan fingerprint density at radius 2 is 2.17 bits per heavy atom. The van der Waals surface area contributed by atoms with Crippen molar-refractivity contribution >= 4 is 29.3 Å². The molecule has 1 aliphatic rings. The lowest BCUT2D eigenvalue weighted by Gasteiger charge is -2.28. The van der Waals surface area contributed by atoms with Crippen molar-refractivity contribution in [3.63, 3.8) is 0 Å². The summed E-state index contributed by atoms with van der Waals surface area (Å²) in [7, 11) is 0. The van der Waals surface area contributed by atoms with Gasteiger partial charge < -0.3 is 9.64 Å². The highest BCUT2D eigenvalue weighted by Gasteiger charge is 2.25. The smallest absolute Gasteiger partial charge is 0.236 e. The zero-order valence-corrected chi connectivity index (χ0v) is 14.3. The van der Waals surface area contributed by atoms with Crippen molar-refractivity contribution in [2.24, 2.45) is 0 Å². The summed E-state index contributed by atoms with van der Waals surface area (Å²) in [6, 6.07) is 7.44. The second-order valence-electron chi connectivity index (χ2n) is 5.16. The number of aromatic nitrogens is 3. The SMILES string of the molecule is C[C@H](Sc1nncn1-c1cccc(Cl)c1)C(=O)N1CCOCC1. The van der Waals surface area contributed by atoms with Crippen LogP contribution in [0.2, 0.25) is 5.02 Å². The first kappa shape index (κ1) is 16.3. The molecule has 0 N–H and O–H groups in total. The number of halogens is 1. The molecule has 0 saturated carbocycles. The van der Waals surface area contributed by atoms with Crippen molar-refractivity contribution in [1.82, 2.24) is 19.7 Å². The molecule has 3 rings (SSSR count). The third-order valence-corrected chi connectivity index (χ3v) is 4.84. The highest BCUT2D eigenvalue weighted by Crippen LogP contribution is 2.26. The van der Waals surface area contributed by atoms with Crippen LogP contribution in [0.4, 0.5) is 0 Å². The van der Waals surface area contributed by atoms with Crippen molar-refractivity contribution < 1.29 is 9.53 Å². The summed E-state index contributed by atoms with van der Waals surface area (Å²) < 4.78 is 7.12. The lowest BCUT2D eigenvalue weighted by atomic mass is 10.3. The number of hydrogen-bond donors (Lipinski definition) is 0. The van der Waals surface area contributed by atoms with Gasteiger partial charge in [-0.05, 0) is 25.1 Å². The standard InChI is InChI=1S/C15H17ClN4O2S/c1-11(14(21)19-5-7-22-8-6-19)23-15-18-17-10-20(15)13-4-2-3-12(16)9-13/h2-4,9-11H,5-8H2,1H3/t11-/m0/s1. The van der Waals surface area contributed by atoms with E-state index < -0.39 is 0 Å². The third kappa shape index (κ3) is 3.85. The summed E-state index contributed by atoms with van der Waals surface area (Å²) in [5.41, 5.74) is 0.871. The van der Waals surface area contributed by atoms with Gasteiger partial charge >= 0.3 is 0 Å². The van der Waals surface area contributed by atoms with E-state index in [9.17, 15) is 4.79 Å².